The predicted octanol–water partition coefficient (Wildman–Crippen LogP) is 0.311. The van der Waals surface area contributed by atoms with Crippen LogP contribution in [0.2, 0.25) is 0 Å². The van der Waals surface area contributed by atoms with Crippen LogP contribution >= 0.6 is 0 Å². The molecule has 2 bridgehead atoms. The Kier molecular flexibility index (Phi) is 2.02. The third-order valence-corrected chi connectivity index (χ3v) is 2.26. The van der Waals surface area contributed by atoms with Crippen LogP contribution in [0.3, 0.4) is 0 Å². The fourth-order valence-corrected chi connectivity index (χ4v) is 1.67. The summed E-state index contributed by atoms with van der Waals surface area (Å²) in [5.41, 5.74) is 0. The molecule has 2 saturated heterocycles. The lowest BCUT2D eigenvalue weighted by Crippen LogP contribution is -2.30. The van der Waals surface area contributed by atoms with E-state index in [1.165, 1.54) is 0 Å². The van der Waals surface area contributed by atoms with E-state index in [0.29, 0.717) is 19.6 Å². The normalized spacial score (nSPS) is 38.6. The summed E-state index contributed by atoms with van der Waals surface area (Å²) in [6.45, 7) is 2.78. The van der Waals surface area contributed by atoms with Crippen molar-refractivity contribution in [1.82, 2.24) is 0 Å². The fourth-order valence-electron chi connectivity index (χ4n) is 1.67. The van der Waals surface area contributed by atoms with Gasteiger partial charge >= 0.3 is 5.97 Å². The molecule has 0 N–H and O–H groups in total. The summed E-state index contributed by atoms with van der Waals surface area (Å²) < 4.78 is 15.4. The number of hydrogen-bond donors (Lipinski definition) is 0. The van der Waals surface area contributed by atoms with Crippen LogP contribution in [0, 0.1) is 5.92 Å². The van der Waals surface area contributed by atoms with Crippen LogP contribution in [0.25, 0.3) is 0 Å². The number of carbonyl (C=O) groups excluding carboxylic acids is 1. The Hall–Kier alpha value is -0.610. The molecule has 3 atom stereocenters. The van der Waals surface area contributed by atoms with Gasteiger partial charge in [0.1, 0.15) is 0 Å². The summed E-state index contributed by atoms with van der Waals surface area (Å²) in [5.74, 6) is -0.239. The highest BCUT2D eigenvalue weighted by molar-refractivity contribution is 5.73. The van der Waals surface area contributed by atoms with E-state index in [2.05, 4.69) is 0 Å². The molecule has 0 aromatic rings. The number of rotatable bonds is 2. The largest absolute Gasteiger partial charge is 0.466 e. The highest BCUT2D eigenvalue weighted by Crippen LogP contribution is 2.34. The third-order valence-electron chi connectivity index (χ3n) is 2.26. The molecule has 68 valence electrons. The van der Waals surface area contributed by atoms with Crippen molar-refractivity contribution in [1.29, 1.82) is 0 Å². The number of fused-ring (bicyclic) bond motifs is 2. The van der Waals surface area contributed by atoms with Crippen molar-refractivity contribution >= 4 is 5.97 Å². The second-order valence-corrected chi connectivity index (χ2v) is 3.03. The summed E-state index contributed by atoms with van der Waals surface area (Å²) in [4.78, 5) is 11.3. The number of esters is 1. The van der Waals surface area contributed by atoms with Gasteiger partial charge in [-0.25, -0.2) is 0 Å². The molecule has 2 aliphatic heterocycles. The topological polar surface area (TPSA) is 44.8 Å². The van der Waals surface area contributed by atoms with Gasteiger partial charge in [-0.2, -0.15) is 0 Å². The lowest BCUT2D eigenvalue weighted by atomic mass is 10.0. The van der Waals surface area contributed by atoms with E-state index < -0.39 is 0 Å². The van der Waals surface area contributed by atoms with Gasteiger partial charge in [-0.05, 0) is 6.92 Å². The summed E-state index contributed by atoms with van der Waals surface area (Å²) in [6, 6.07) is 0. The second-order valence-electron chi connectivity index (χ2n) is 3.03. The third kappa shape index (κ3) is 1.21. The summed E-state index contributed by atoms with van der Waals surface area (Å²) in [5, 5.41) is 0. The Morgan fingerprint density at radius 2 is 2.50 bits per heavy atom. The average molecular weight is 172 g/mol. The molecule has 0 amide bonds. The molecule has 2 fully saturated rings. The first-order valence-electron chi connectivity index (χ1n) is 4.25. The van der Waals surface area contributed by atoms with Crippen LogP contribution in [0.4, 0.5) is 0 Å². The van der Waals surface area contributed by atoms with Crippen molar-refractivity contribution in [2.75, 3.05) is 13.2 Å². The first-order chi connectivity index (χ1) is 5.81. The number of ether oxygens (including phenoxy) is 3. The van der Waals surface area contributed by atoms with Gasteiger partial charge in [-0.3, -0.25) is 4.79 Å². The van der Waals surface area contributed by atoms with Crippen molar-refractivity contribution in [3.05, 3.63) is 0 Å². The SMILES string of the molecule is CCOC(=O)[C@H]1C[C@@H]2OC[C@@H]1O2. The van der Waals surface area contributed by atoms with E-state index >= 15 is 0 Å². The molecule has 0 saturated carbocycles. The second kappa shape index (κ2) is 3.03. The molecule has 4 heteroatoms. The van der Waals surface area contributed by atoms with Gasteiger partial charge in [0.2, 0.25) is 0 Å². The van der Waals surface area contributed by atoms with E-state index in [-0.39, 0.29) is 24.3 Å². The predicted molar refractivity (Wildman–Crippen MR) is 39.4 cm³/mol. The van der Waals surface area contributed by atoms with Crippen molar-refractivity contribution in [2.45, 2.75) is 25.7 Å². The lowest BCUT2D eigenvalue weighted by molar-refractivity contribution is -0.150. The highest BCUT2D eigenvalue weighted by Gasteiger charge is 2.46. The monoisotopic (exact) mass is 172 g/mol. The summed E-state index contributed by atoms with van der Waals surface area (Å²) in [7, 11) is 0. The van der Waals surface area contributed by atoms with Gasteiger partial charge in [0.15, 0.2) is 6.29 Å². The molecule has 0 radical (unpaired) electrons. The molecule has 2 aliphatic rings. The molecule has 12 heavy (non-hydrogen) atoms. The standard InChI is InChI=1S/C8H12O4/c1-2-10-8(9)5-3-7-11-4-6(5)12-7/h5-7H,2-4H2,1H3/t5-,6-,7+/m0/s1. The van der Waals surface area contributed by atoms with Crippen molar-refractivity contribution in [2.24, 2.45) is 5.92 Å². The Labute approximate surface area is 70.8 Å². The minimum absolute atomic E-state index is 0.0611. The quantitative estimate of drug-likeness (QED) is 0.562. The molecule has 0 aliphatic carbocycles. The fraction of sp³-hybridized carbons (Fsp3) is 0.875. The maximum atomic E-state index is 11.3. The zero-order chi connectivity index (χ0) is 8.55. The Bertz CT molecular complexity index is 191. The maximum Gasteiger partial charge on any atom is 0.311 e. The number of carbonyl (C=O) groups is 1. The molecule has 0 aromatic heterocycles. The highest BCUT2D eigenvalue weighted by atomic mass is 16.7. The van der Waals surface area contributed by atoms with Crippen molar-refractivity contribution < 1.29 is 19.0 Å². The van der Waals surface area contributed by atoms with E-state index in [1.54, 1.807) is 0 Å². The van der Waals surface area contributed by atoms with E-state index in [1.807, 2.05) is 6.92 Å². The van der Waals surface area contributed by atoms with E-state index in [9.17, 15) is 4.79 Å². The van der Waals surface area contributed by atoms with Crippen molar-refractivity contribution in [3.8, 4) is 0 Å². The average Bonchev–Trinajstić information content (AvgIpc) is 2.64. The molecule has 4 nitrogen and oxygen atoms in total. The van der Waals surface area contributed by atoms with Gasteiger partial charge in [0.05, 0.1) is 25.2 Å². The molecule has 2 rings (SSSR count). The minimum atomic E-state index is -0.163. The minimum Gasteiger partial charge on any atom is -0.466 e. The van der Waals surface area contributed by atoms with Gasteiger partial charge in [0.25, 0.3) is 0 Å². The van der Waals surface area contributed by atoms with Crippen LogP contribution in [0.5, 0.6) is 0 Å². The molecule has 0 aromatic carbocycles. The summed E-state index contributed by atoms with van der Waals surface area (Å²) in [6.07, 6.45) is 0.433. The Morgan fingerprint density at radius 1 is 1.67 bits per heavy atom. The van der Waals surface area contributed by atoms with E-state index in [4.69, 9.17) is 14.2 Å². The van der Waals surface area contributed by atoms with Gasteiger partial charge in [0, 0.05) is 6.42 Å². The van der Waals surface area contributed by atoms with Crippen molar-refractivity contribution in [3.63, 3.8) is 0 Å². The number of hydrogen-bond acceptors (Lipinski definition) is 4. The van der Waals surface area contributed by atoms with Crippen LogP contribution in [0.1, 0.15) is 13.3 Å². The van der Waals surface area contributed by atoms with E-state index in [0.717, 1.165) is 0 Å². The summed E-state index contributed by atoms with van der Waals surface area (Å²) >= 11 is 0. The van der Waals surface area contributed by atoms with Gasteiger partial charge in [-0.15, -0.1) is 0 Å². The zero-order valence-electron chi connectivity index (χ0n) is 6.99. The maximum absolute atomic E-state index is 11.3. The molecular formula is C8H12O4. The van der Waals surface area contributed by atoms with Crippen LogP contribution in [-0.2, 0) is 19.0 Å². The Morgan fingerprint density at radius 3 is 3.00 bits per heavy atom. The molecule has 0 unspecified atom stereocenters. The van der Waals surface area contributed by atoms with Crippen LogP contribution in [-0.4, -0.2) is 31.6 Å². The van der Waals surface area contributed by atoms with Gasteiger partial charge in [-0.1, -0.05) is 0 Å². The first kappa shape index (κ1) is 8.01. The lowest BCUT2D eigenvalue weighted by Gasteiger charge is -2.16. The van der Waals surface area contributed by atoms with Gasteiger partial charge < -0.3 is 14.2 Å². The van der Waals surface area contributed by atoms with Crippen LogP contribution in [0.15, 0.2) is 0 Å². The smallest absolute Gasteiger partial charge is 0.311 e. The zero-order valence-corrected chi connectivity index (χ0v) is 6.99. The Balaban J connectivity index is 1.93. The molecular weight excluding hydrogens is 160 g/mol. The molecule has 0 spiro atoms. The molecule has 2 heterocycles. The van der Waals surface area contributed by atoms with Crippen LogP contribution < -0.4 is 0 Å². The first-order valence-corrected chi connectivity index (χ1v) is 4.25.